The van der Waals surface area contributed by atoms with Crippen LogP contribution < -0.4 is 4.74 Å². The van der Waals surface area contributed by atoms with E-state index < -0.39 is 29.1 Å². The van der Waals surface area contributed by atoms with Gasteiger partial charge in [-0.3, -0.25) is 0 Å². The molecule has 2 nitrogen and oxygen atoms in total. The van der Waals surface area contributed by atoms with Gasteiger partial charge in [0.05, 0.1) is 0 Å². The van der Waals surface area contributed by atoms with Crippen molar-refractivity contribution in [3.63, 3.8) is 0 Å². The summed E-state index contributed by atoms with van der Waals surface area (Å²) in [6.07, 6.45) is 0. The second-order valence-corrected chi connectivity index (χ2v) is 3.76. The molecule has 0 spiro atoms. The van der Waals surface area contributed by atoms with Gasteiger partial charge in [0.1, 0.15) is 5.60 Å². The van der Waals surface area contributed by atoms with Crippen LogP contribution in [0.25, 0.3) is 0 Å². The van der Waals surface area contributed by atoms with Crippen molar-refractivity contribution in [3.8, 4) is 5.75 Å². The highest BCUT2D eigenvalue weighted by Crippen LogP contribution is 2.23. The molecule has 0 amide bonds. The van der Waals surface area contributed by atoms with Gasteiger partial charge in [-0.25, -0.2) is 0 Å². The van der Waals surface area contributed by atoms with Crippen molar-refractivity contribution < 1.29 is 17.9 Å². The third-order valence-electron chi connectivity index (χ3n) is 1.27. The minimum Gasteiger partial charge on any atom is -0.485 e. The lowest BCUT2D eigenvalue weighted by Gasteiger charge is -2.21. The fourth-order valence-corrected chi connectivity index (χ4v) is 0.852. The molecule has 0 bridgehead atoms. The Bertz CT molecular complexity index is 347. The lowest BCUT2D eigenvalue weighted by molar-refractivity contribution is 0.121. The van der Waals surface area contributed by atoms with Crippen molar-refractivity contribution in [1.82, 2.24) is 4.98 Å². The second-order valence-electron chi connectivity index (χ2n) is 3.76. The standard InChI is InChI=1S/C9H10F3NO/c1-9(2,3)14-5-4-6(10)13-8(12)7(5)11/h4H,1-3H3. The molecule has 0 atom stereocenters. The molecule has 1 rings (SSSR count). The van der Waals surface area contributed by atoms with E-state index in [1.54, 1.807) is 20.8 Å². The van der Waals surface area contributed by atoms with Crippen LogP contribution in [0.2, 0.25) is 0 Å². The Labute approximate surface area is 79.7 Å². The highest BCUT2D eigenvalue weighted by molar-refractivity contribution is 5.22. The van der Waals surface area contributed by atoms with Crippen LogP contribution in [0.15, 0.2) is 6.07 Å². The summed E-state index contributed by atoms with van der Waals surface area (Å²) in [6, 6.07) is 0.712. The van der Waals surface area contributed by atoms with Gasteiger partial charge >= 0.3 is 0 Å². The second kappa shape index (κ2) is 3.48. The van der Waals surface area contributed by atoms with Crippen molar-refractivity contribution in [1.29, 1.82) is 0 Å². The average Bonchev–Trinajstić information content (AvgIpc) is 1.96. The van der Waals surface area contributed by atoms with Crippen molar-refractivity contribution in [2.45, 2.75) is 26.4 Å². The van der Waals surface area contributed by atoms with Crippen molar-refractivity contribution in [2.24, 2.45) is 0 Å². The summed E-state index contributed by atoms with van der Waals surface area (Å²) in [4.78, 5) is 2.68. The molecule has 0 saturated heterocycles. The molecule has 0 fully saturated rings. The van der Waals surface area contributed by atoms with E-state index in [0.717, 1.165) is 0 Å². The van der Waals surface area contributed by atoms with Crippen LogP contribution in [0, 0.1) is 17.7 Å². The van der Waals surface area contributed by atoms with E-state index >= 15 is 0 Å². The number of aromatic nitrogens is 1. The molecule has 1 aromatic heterocycles. The molecule has 5 heteroatoms. The van der Waals surface area contributed by atoms with Gasteiger partial charge in [0.2, 0.25) is 11.8 Å². The number of nitrogens with zero attached hydrogens (tertiary/aromatic N) is 1. The topological polar surface area (TPSA) is 22.1 Å². The zero-order valence-corrected chi connectivity index (χ0v) is 8.07. The molecule has 0 aliphatic heterocycles. The molecule has 0 radical (unpaired) electrons. The first-order valence-corrected chi connectivity index (χ1v) is 4.00. The maximum atomic E-state index is 13.0. The summed E-state index contributed by atoms with van der Waals surface area (Å²) < 4.78 is 43.2. The number of ether oxygens (including phenoxy) is 1. The quantitative estimate of drug-likeness (QED) is 0.657. The molecule has 0 unspecified atom stereocenters. The Hall–Kier alpha value is -1.26. The fraction of sp³-hybridized carbons (Fsp3) is 0.444. The summed E-state index contributed by atoms with van der Waals surface area (Å²) in [5.74, 6) is -4.35. The van der Waals surface area contributed by atoms with Gasteiger partial charge < -0.3 is 4.74 Å². The van der Waals surface area contributed by atoms with Crippen LogP contribution >= 0.6 is 0 Å². The summed E-state index contributed by atoms with van der Waals surface area (Å²) in [5.41, 5.74) is -0.721. The SMILES string of the molecule is CC(C)(C)Oc1cc(F)nc(F)c1F. The van der Waals surface area contributed by atoms with Gasteiger partial charge in [-0.15, -0.1) is 0 Å². The van der Waals surface area contributed by atoms with Gasteiger partial charge in [-0.05, 0) is 20.8 Å². The van der Waals surface area contributed by atoms with Crippen LogP contribution in [0.1, 0.15) is 20.8 Å². The normalized spacial score (nSPS) is 11.6. The first-order chi connectivity index (χ1) is 6.29. The molecule has 0 aliphatic carbocycles. The Kier molecular flexibility index (Phi) is 2.69. The van der Waals surface area contributed by atoms with Crippen LogP contribution in [0.3, 0.4) is 0 Å². The molecule has 0 saturated carbocycles. The molecule has 1 heterocycles. The highest BCUT2D eigenvalue weighted by Gasteiger charge is 2.19. The lowest BCUT2D eigenvalue weighted by Crippen LogP contribution is -2.24. The van der Waals surface area contributed by atoms with Gasteiger partial charge in [0.25, 0.3) is 5.95 Å². The summed E-state index contributed by atoms with van der Waals surface area (Å²) in [5, 5.41) is 0. The average molecular weight is 205 g/mol. The Morgan fingerprint density at radius 1 is 1.21 bits per heavy atom. The summed E-state index contributed by atoms with van der Waals surface area (Å²) in [6.45, 7) is 4.92. The van der Waals surface area contributed by atoms with E-state index in [-0.39, 0.29) is 0 Å². The summed E-state index contributed by atoms with van der Waals surface area (Å²) >= 11 is 0. The maximum absolute atomic E-state index is 13.0. The number of hydrogen-bond acceptors (Lipinski definition) is 2. The number of rotatable bonds is 1. The molecule has 0 N–H and O–H groups in total. The van der Waals surface area contributed by atoms with Crippen molar-refractivity contribution in [3.05, 3.63) is 23.8 Å². The van der Waals surface area contributed by atoms with Gasteiger partial charge in [0.15, 0.2) is 5.75 Å². The molecule has 78 valence electrons. The van der Waals surface area contributed by atoms with E-state index in [0.29, 0.717) is 6.07 Å². The van der Waals surface area contributed by atoms with Crippen LogP contribution in [0.4, 0.5) is 13.2 Å². The third kappa shape index (κ3) is 2.61. The number of halogens is 3. The largest absolute Gasteiger partial charge is 0.485 e. The molecule has 0 aromatic carbocycles. The molecule has 0 aliphatic rings. The van der Waals surface area contributed by atoms with E-state index in [4.69, 9.17) is 4.74 Å². The number of pyridine rings is 1. The molecule has 1 aromatic rings. The molecular weight excluding hydrogens is 195 g/mol. The van der Waals surface area contributed by atoms with Gasteiger partial charge in [-0.2, -0.15) is 18.2 Å². The Morgan fingerprint density at radius 2 is 1.79 bits per heavy atom. The minimum absolute atomic E-state index is 0.470. The van der Waals surface area contributed by atoms with Crippen LogP contribution in [0.5, 0.6) is 5.75 Å². The minimum atomic E-state index is -1.50. The van der Waals surface area contributed by atoms with E-state index in [1.807, 2.05) is 0 Å². The van der Waals surface area contributed by atoms with E-state index in [2.05, 4.69) is 4.98 Å². The smallest absolute Gasteiger partial charge is 0.255 e. The lowest BCUT2D eigenvalue weighted by atomic mass is 10.2. The monoisotopic (exact) mass is 205 g/mol. The van der Waals surface area contributed by atoms with Crippen molar-refractivity contribution >= 4 is 0 Å². The first-order valence-electron chi connectivity index (χ1n) is 4.00. The Morgan fingerprint density at radius 3 is 2.29 bits per heavy atom. The number of hydrogen-bond donors (Lipinski definition) is 0. The zero-order chi connectivity index (χ0) is 10.9. The molecule has 14 heavy (non-hydrogen) atoms. The van der Waals surface area contributed by atoms with Gasteiger partial charge in [0, 0.05) is 6.07 Å². The fourth-order valence-electron chi connectivity index (χ4n) is 0.852. The summed E-state index contributed by atoms with van der Waals surface area (Å²) in [7, 11) is 0. The maximum Gasteiger partial charge on any atom is 0.255 e. The highest BCUT2D eigenvalue weighted by atomic mass is 19.2. The van der Waals surface area contributed by atoms with E-state index in [1.165, 1.54) is 0 Å². The zero-order valence-electron chi connectivity index (χ0n) is 8.07. The Balaban J connectivity index is 3.09. The first kappa shape index (κ1) is 10.8. The molecular formula is C9H10F3NO. The van der Waals surface area contributed by atoms with Crippen molar-refractivity contribution in [2.75, 3.05) is 0 Å². The third-order valence-corrected chi connectivity index (χ3v) is 1.27. The van der Waals surface area contributed by atoms with E-state index in [9.17, 15) is 13.2 Å². The predicted octanol–water partition coefficient (Wildman–Crippen LogP) is 2.68. The predicted molar refractivity (Wildman–Crippen MR) is 44.5 cm³/mol. The van der Waals surface area contributed by atoms with Crippen LogP contribution in [-0.2, 0) is 0 Å². The van der Waals surface area contributed by atoms with Gasteiger partial charge in [-0.1, -0.05) is 0 Å². The van der Waals surface area contributed by atoms with Crippen LogP contribution in [-0.4, -0.2) is 10.6 Å².